The van der Waals surface area contributed by atoms with E-state index in [1.165, 1.54) is 0 Å². The van der Waals surface area contributed by atoms with Gasteiger partial charge in [0.15, 0.2) is 11.5 Å². The molecule has 2 aliphatic rings. The Labute approximate surface area is 119 Å². The normalized spacial score (nSPS) is 21.5. The van der Waals surface area contributed by atoms with Crippen LogP contribution in [0, 0.1) is 5.92 Å². The van der Waals surface area contributed by atoms with Crippen LogP contribution in [0.3, 0.4) is 0 Å². The number of aryl methyl sites for hydroxylation is 1. The van der Waals surface area contributed by atoms with Gasteiger partial charge in [0, 0.05) is 18.9 Å². The molecule has 3 rings (SSSR count). The van der Waals surface area contributed by atoms with Gasteiger partial charge in [-0.25, -0.2) is 0 Å². The van der Waals surface area contributed by atoms with Crippen molar-refractivity contribution in [1.29, 1.82) is 0 Å². The van der Waals surface area contributed by atoms with Crippen molar-refractivity contribution in [3.05, 3.63) is 23.8 Å². The summed E-state index contributed by atoms with van der Waals surface area (Å²) in [6.07, 6.45) is 3.55. The highest BCUT2D eigenvalue weighted by Gasteiger charge is 2.20. The van der Waals surface area contributed by atoms with Crippen LogP contribution in [0.1, 0.15) is 24.8 Å². The van der Waals surface area contributed by atoms with Crippen LogP contribution in [0.5, 0.6) is 11.5 Å². The van der Waals surface area contributed by atoms with Gasteiger partial charge >= 0.3 is 0 Å². The third kappa shape index (κ3) is 3.12. The minimum absolute atomic E-state index is 0.209. The van der Waals surface area contributed by atoms with Crippen LogP contribution >= 0.6 is 0 Å². The third-order valence-corrected chi connectivity index (χ3v) is 4.02. The monoisotopic (exact) mass is 275 g/mol. The highest BCUT2D eigenvalue weighted by atomic mass is 16.6. The van der Waals surface area contributed by atoms with E-state index in [4.69, 9.17) is 9.47 Å². The summed E-state index contributed by atoms with van der Waals surface area (Å²) in [7, 11) is 0. The van der Waals surface area contributed by atoms with E-state index in [2.05, 4.69) is 5.32 Å². The Balaban J connectivity index is 1.56. The summed E-state index contributed by atoms with van der Waals surface area (Å²) in [5.41, 5.74) is 1.14. The lowest BCUT2D eigenvalue weighted by Gasteiger charge is -2.21. The largest absolute Gasteiger partial charge is 0.486 e. The minimum Gasteiger partial charge on any atom is -0.486 e. The fraction of sp³-hybridized carbons (Fsp3) is 0.562. The molecule has 0 saturated carbocycles. The molecule has 20 heavy (non-hydrogen) atoms. The van der Waals surface area contributed by atoms with Crippen LogP contribution in [-0.2, 0) is 11.2 Å². The molecule has 1 fully saturated rings. The van der Waals surface area contributed by atoms with Gasteiger partial charge in [0.2, 0.25) is 0 Å². The van der Waals surface area contributed by atoms with Crippen LogP contribution in [0.15, 0.2) is 18.2 Å². The maximum Gasteiger partial charge on any atom is 0.161 e. The lowest BCUT2D eigenvalue weighted by atomic mass is 9.91. The molecule has 2 heterocycles. The Bertz CT molecular complexity index is 481. The molecule has 1 atom stereocenters. The highest BCUT2D eigenvalue weighted by molar-refractivity contribution is 5.81. The van der Waals surface area contributed by atoms with Gasteiger partial charge in [0.05, 0.1) is 0 Å². The summed E-state index contributed by atoms with van der Waals surface area (Å²) in [4.78, 5) is 12.2. The average molecular weight is 275 g/mol. The maximum absolute atomic E-state index is 12.2. The van der Waals surface area contributed by atoms with E-state index in [-0.39, 0.29) is 5.92 Å². The van der Waals surface area contributed by atoms with E-state index in [1.807, 2.05) is 18.2 Å². The number of piperidine rings is 1. The summed E-state index contributed by atoms with van der Waals surface area (Å²) >= 11 is 0. The molecular formula is C16H21NO3. The van der Waals surface area contributed by atoms with Crippen LogP contribution < -0.4 is 14.8 Å². The zero-order chi connectivity index (χ0) is 13.8. The number of ketones is 1. The Kier molecular flexibility index (Phi) is 4.21. The van der Waals surface area contributed by atoms with Gasteiger partial charge in [-0.3, -0.25) is 4.79 Å². The van der Waals surface area contributed by atoms with Crippen LogP contribution in [0.2, 0.25) is 0 Å². The summed E-state index contributed by atoms with van der Waals surface area (Å²) in [6.45, 7) is 3.11. The quantitative estimate of drug-likeness (QED) is 0.912. The molecule has 0 aromatic heterocycles. The van der Waals surface area contributed by atoms with Crippen molar-refractivity contribution in [2.24, 2.45) is 5.92 Å². The van der Waals surface area contributed by atoms with Gasteiger partial charge in [-0.2, -0.15) is 0 Å². The Morgan fingerprint density at radius 1 is 1.25 bits per heavy atom. The molecule has 108 valence electrons. The van der Waals surface area contributed by atoms with Gasteiger partial charge < -0.3 is 14.8 Å². The lowest BCUT2D eigenvalue weighted by molar-refractivity contribution is -0.123. The first-order valence-corrected chi connectivity index (χ1v) is 7.45. The molecule has 0 aliphatic carbocycles. The second kappa shape index (κ2) is 6.27. The molecule has 1 N–H and O–H groups in total. The van der Waals surface area contributed by atoms with Crippen LogP contribution in [-0.4, -0.2) is 32.1 Å². The number of fused-ring (bicyclic) bond motifs is 1. The van der Waals surface area contributed by atoms with Gasteiger partial charge in [0.1, 0.15) is 19.0 Å². The summed E-state index contributed by atoms with van der Waals surface area (Å²) < 4.78 is 11.1. The fourth-order valence-electron chi connectivity index (χ4n) is 2.84. The van der Waals surface area contributed by atoms with E-state index < -0.39 is 0 Å². The SMILES string of the molecule is O=C(CCc1ccc2c(c1)OCCO2)C1CCCNC1. The molecule has 4 heteroatoms. The van der Waals surface area contributed by atoms with Gasteiger partial charge in [-0.15, -0.1) is 0 Å². The van der Waals surface area contributed by atoms with Crippen molar-refractivity contribution >= 4 is 5.78 Å². The second-order valence-electron chi connectivity index (χ2n) is 5.49. The van der Waals surface area contributed by atoms with Gasteiger partial charge in [-0.05, 0) is 43.5 Å². The molecule has 0 bridgehead atoms. The molecule has 1 unspecified atom stereocenters. The molecule has 0 amide bonds. The van der Waals surface area contributed by atoms with Gasteiger partial charge in [-0.1, -0.05) is 6.07 Å². The summed E-state index contributed by atoms with van der Waals surface area (Å²) in [5, 5.41) is 3.30. The number of benzene rings is 1. The van der Waals surface area contributed by atoms with Crippen molar-refractivity contribution < 1.29 is 14.3 Å². The first kappa shape index (κ1) is 13.4. The number of hydrogen-bond acceptors (Lipinski definition) is 4. The topological polar surface area (TPSA) is 47.6 Å². The second-order valence-corrected chi connectivity index (χ2v) is 5.49. The van der Waals surface area contributed by atoms with E-state index in [0.717, 1.165) is 49.4 Å². The molecule has 1 aromatic rings. The predicted molar refractivity (Wildman–Crippen MR) is 76.4 cm³/mol. The van der Waals surface area contributed by atoms with Crippen LogP contribution in [0.25, 0.3) is 0 Å². The Morgan fingerprint density at radius 2 is 2.10 bits per heavy atom. The number of ether oxygens (including phenoxy) is 2. The van der Waals surface area contributed by atoms with E-state index >= 15 is 0 Å². The minimum atomic E-state index is 0.209. The van der Waals surface area contributed by atoms with Gasteiger partial charge in [0.25, 0.3) is 0 Å². The number of rotatable bonds is 4. The zero-order valence-electron chi connectivity index (χ0n) is 11.7. The Morgan fingerprint density at radius 3 is 2.90 bits per heavy atom. The number of carbonyl (C=O) groups excluding carboxylic acids is 1. The van der Waals surface area contributed by atoms with E-state index in [1.54, 1.807) is 0 Å². The number of Topliss-reactive ketones (excluding diaryl/α,β-unsaturated/α-hetero) is 1. The molecule has 0 radical (unpaired) electrons. The first-order valence-electron chi connectivity index (χ1n) is 7.45. The average Bonchev–Trinajstić information content (AvgIpc) is 2.53. The van der Waals surface area contributed by atoms with Crippen molar-refractivity contribution in [2.45, 2.75) is 25.7 Å². The standard InChI is InChI=1S/C16H21NO3/c18-14(13-2-1-7-17-11-13)5-3-12-4-6-15-16(10-12)20-9-8-19-15/h4,6,10,13,17H,1-3,5,7-9,11H2. The smallest absolute Gasteiger partial charge is 0.161 e. The molecule has 0 spiro atoms. The predicted octanol–water partition coefficient (Wildman–Crippen LogP) is 1.96. The molecule has 1 aromatic carbocycles. The zero-order valence-corrected chi connectivity index (χ0v) is 11.7. The van der Waals surface area contributed by atoms with E-state index in [9.17, 15) is 4.79 Å². The highest BCUT2D eigenvalue weighted by Crippen LogP contribution is 2.31. The van der Waals surface area contributed by atoms with Crippen molar-refractivity contribution in [1.82, 2.24) is 5.32 Å². The maximum atomic E-state index is 12.2. The van der Waals surface area contributed by atoms with Crippen LogP contribution in [0.4, 0.5) is 0 Å². The molecule has 2 aliphatic heterocycles. The third-order valence-electron chi connectivity index (χ3n) is 4.02. The Hall–Kier alpha value is -1.55. The van der Waals surface area contributed by atoms with Crippen molar-refractivity contribution in [2.75, 3.05) is 26.3 Å². The summed E-state index contributed by atoms with van der Waals surface area (Å²) in [6, 6.07) is 5.97. The number of nitrogens with one attached hydrogen (secondary N) is 1. The molecule has 1 saturated heterocycles. The number of hydrogen-bond donors (Lipinski definition) is 1. The fourth-order valence-corrected chi connectivity index (χ4v) is 2.84. The number of carbonyl (C=O) groups is 1. The lowest BCUT2D eigenvalue weighted by Crippen LogP contribution is -2.34. The van der Waals surface area contributed by atoms with Crippen molar-refractivity contribution in [3.63, 3.8) is 0 Å². The molecular weight excluding hydrogens is 254 g/mol. The summed E-state index contributed by atoms with van der Waals surface area (Å²) in [5.74, 6) is 2.20. The van der Waals surface area contributed by atoms with Crippen molar-refractivity contribution in [3.8, 4) is 11.5 Å². The first-order chi connectivity index (χ1) is 9.83. The van der Waals surface area contributed by atoms with E-state index in [0.29, 0.717) is 25.4 Å². The molecule has 4 nitrogen and oxygen atoms in total.